The summed E-state index contributed by atoms with van der Waals surface area (Å²) in [5.41, 5.74) is -1.62. The Kier molecular flexibility index (Phi) is 6.69. The van der Waals surface area contributed by atoms with E-state index in [1.54, 1.807) is 6.92 Å². The molecule has 3 aliphatic rings. The third kappa shape index (κ3) is 3.99. The highest BCUT2D eigenvalue weighted by molar-refractivity contribution is 5.09. The first-order chi connectivity index (χ1) is 13.4. The third-order valence-corrected chi connectivity index (χ3v) is 7.83. The van der Waals surface area contributed by atoms with Crippen LogP contribution in [0, 0.1) is 23.2 Å². The van der Waals surface area contributed by atoms with Gasteiger partial charge in [0.25, 0.3) is 0 Å². The molecular formula is C21H38O8. The standard InChI is InChI=1S/C21H38O8/c1-10(2)11-5-7-20(3)13(23)6-8-21(4,27)18(20)17(11)29-19-16(26)15(25)14(24)12(9-22)28-19/h10-19,22-27H,5-9H2,1-4H3. The molecule has 3 fully saturated rings. The molecule has 0 aromatic heterocycles. The molecule has 2 saturated carbocycles. The largest absolute Gasteiger partial charge is 0.394 e. The van der Waals surface area contributed by atoms with E-state index in [1.807, 2.05) is 6.92 Å². The Labute approximate surface area is 172 Å². The number of fused-ring (bicyclic) bond motifs is 1. The monoisotopic (exact) mass is 418 g/mol. The van der Waals surface area contributed by atoms with Crippen molar-refractivity contribution in [2.75, 3.05) is 6.61 Å². The second kappa shape index (κ2) is 8.31. The van der Waals surface area contributed by atoms with E-state index in [-0.39, 0.29) is 11.8 Å². The number of ether oxygens (including phenoxy) is 2. The van der Waals surface area contributed by atoms with E-state index in [0.29, 0.717) is 12.8 Å². The second-order valence-electron chi connectivity index (χ2n) is 10.1. The van der Waals surface area contributed by atoms with E-state index in [4.69, 9.17) is 9.47 Å². The average molecular weight is 419 g/mol. The fourth-order valence-electron chi connectivity index (χ4n) is 6.00. The van der Waals surface area contributed by atoms with E-state index >= 15 is 0 Å². The van der Waals surface area contributed by atoms with E-state index < -0.39 is 66.5 Å². The molecule has 0 aromatic carbocycles. The van der Waals surface area contributed by atoms with Gasteiger partial charge in [0.05, 0.1) is 24.4 Å². The van der Waals surface area contributed by atoms with E-state index in [2.05, 4.69) is 13.8 Å². The summed E-state index contributed by atoms with van der Waals surface area (Å²) < 4.78 is 11.9. The zero-order valence-electron chi connectivity index (χ0n) is 17.8. The third-order valence-electron chi connectivity index (χ3n) is 7.83. The molecule has 0 aromatic rings. The molecule has 0 amide bonds. The summed E-state index contributed by atoms with van der Waals surface area (Å²) in [4.78, 5) is 0. The van der Waals surface area contributed by atoms with Gasteiger partial charge in [0.15, 0.2) is 6.29 Å². The molecule has 8 heteroatoms. The van der Waals surface area contributed by atoms with Gasteiger partial charge < -0.3 is 40.1 Å². The lowest BCUT2D eigenvalue weighted by Gasteiger charge is -2.60. The summed E-state index contributed by atoms with van der Waals surface area (Å²) >= 11 is 0. The van der Waals surface area contributed by atoms with Crippen LogP contribution >= 0.6 is 0 Å². The van der Waals surface area contributed by atoms with Crippen molar-refractivity contribution in [2.45, 2.75) is 102 Å². The first-order valence-electron chi connectivity index (χ1n) is 10.8. The first-order valence-corrected chi connectivity index (χ1v) is 10.8. The maximum atomic E-state index is 11.3. The van der Waals surface area contributed by atoms with Gasteiger partial charge in [-0.3, -0.25) is 0 Å². The van der Waals surface area contributed by atoms with Crippen molar-refractivity contribution in [2.24, 2.45) is 23.2 Å². The smallest absolute Gasteiger partial charge is 0.186 e. The van der Waals surface area contributed by atoms with Gasteiger partial charge in [0, 0.05) is 11.3 Å². The molecule has 170 valence electrons. The lowest BCUT2D eigenvalue weighted by Crippen LogP contribution is -2.66. The lowest BCUT2D eigenvalue weighted by molar-refractivity contribution is -0.338. The summed E-state index contributed by atoms with van der Waals surface area (Å²) in [6.45, 7) is 7.38. The van der Waals surface area contributed by atoms with Gasteiger partial charge in [-0.1, -0.05) is 20.8 Å². The van der Waals surface area contributed by atoms with Crippen LogP contribution in [0.25, 0.3) is 0 Å². The molecule has 6 N–H and O–H groups in total. The van der Waals surface area contributed by atoms with Crippen LogP contribution in [0.2, 0.25) is 0 Å². The van der Waals surface area contributed by atoms with Crippen LogP contribution in [0.5, 0.6) is 0 Å². The van der Waals surface area contributed by atoms with Crippen molar-refractivity contribution in [1.82, 2.24) is 0 Å². The second-order valence-corrected chi connectivity index (χ2v) is 10.1. The molecule has 2 aliphatic carbocycles. The van der Waals surface area contributed by atoms with Gasteiger partial charge in [-0.05, 0) is 44.4 Å². The molecule has 1 aliphatic heterocycles. The fraction of sp³-hybridized carbons (Fsp3) is 1.00. The SMILES string of the molecule is CC(C)C1CCC2(C)C(O)CCC(C)(O)C2C1OC1OC(CO)C(O)C(O)C1O. The van der Waals surface area contributed by atoms with Crippen LogP contribution in [0.4, 0.5) is 0 Å². The van der Waals surface area contributed by atoms with Gasteiger partial charge in [0.2, 0.25) is 0 Å². The highest BCUT2D eigenvalue weighted by atomic mass is 16.7. The minimum Gasteiger partial charge on any atom is -0.394 e. The van der Waals surface area contributed by atoms with Gasteiger partial charge in [0.1, 0.15) is 24.4 Å². The van der Waals surface area contributed by atoms with Gasteiger partial charge in [-0.2, -0.15) is 0 Å². The number of aliphatic hydroxyl groups is 6. The number of hydrogen-bond acceptors (Lipinski definition) is 8. The molecule has 1 heterocycles. The van der Waals surface area contributed by atoms with Crippen molar-refractivity contribution in [3.05, 3.63) is 0 Å². The van der Waals surface area contributed by atoms with Crippen molar-refractivity contribution >= 4 is 0 Å². The quantitative estimate of drug-likeness (QED) is 0.368. The van der Waals surface area contributed by atoms with Crippen LogP contribution in [0.15, 0.2) is 0 Å². The predicted molar refractivity (Wildman–Crippen MR) is 104 cm³/mol. The Hall–Kier alpha value is -0.320. The minimum absolute atomic E-state index is 0.0530. The Morgan fingerprint density at radius 1 is 1.00 bits per heavy atom. The van der Waals surface area contributed by atoms with Crippen LogP contribution in [0.1, 0.15) is 53.4 Å². The summed E-state index contributed by atoms with van der Waals surface area (Å²) in [6, 6.07) is 0. The molecule has 8 nitrogen and oxygen atoms in total. The van der Waals surface area contributed by atoms with Crippen LogP contribution in [-0.2, 0) is 9.47 Å². The summed E-state index contributed by atoms with van der Waals surface area (Å²) in [5, 5.41) is 62.2. The number of aliphatic hydroxyl groups excluding tert-OH is 5. The highest BCUT2D eigenvalue weighted by Crippen LogP contribution is 2.57. The van der Waals surface area contributed by atoms with E-state index in [0.717, 1.165) is 12.8 Å². The average Bonchev–Trinajstić information content (AvgIpc) is 2.65. The van der Waals surface area contributed by atoms with Crippen LogP contribution in [0.3, 0.4) is 0 Å². The van der Waals surface area contributed by atoms with Crippen molar-refractivity contribution in [3.8, 4) is 0 Å². The maximum absolute atomic E-state index is 11.3. The Bertz CT molecular complexity index is 567. The predicted octanol–water partition coefficient (Wildman–Crippen LogP) is -0.234. The fourth-order valence-corrected chi connectivity index (χ4v) is 6.00. The van der Waals surface area contributed by atoms with Gasteiger partial charge in [-0.25, -0.2) is 0 Å². The van der Waals surface area contributed by atoms with Crippen LogP contribution in [-0.4, -0.2) is 85.8 Å². The van der Waals surface area contributed by atoms with Crippen molar-refractivity contribution in [1.29, 1.82) is 0 Å². The molecule has 3 rings (SSSR count). The van der Waals surface area contributed by atoms with E-state index in [9.17, 15) is 30.6 Å². The summed E-state index contributed by atoms with van der Waals surface area (Å²) in [6.07, 6.45) is -5.37. The lowest BCUT2D eigenvalue weighted by atomic mass is 9.50. The molecule has 0 radical (unpaired) electrons. The molecule has 29 heavy (non-hydrogen) atoms. The molecule has 11 unspecified atom stereocenters. The van der Waals surface area contributed by atoms with Crippen LogP contribution < -0.4 is 0 Å². The molecular weight excluding hydrogens is 380 g/mol. The zero-order chi connectivity index (χ0) is 21.7. The molecule has 1 saturated heterocycles. The maximum Gasteiger partial charge on any atom is 0.186 e. The zero-order valence-corrected chi connectivity index (χ0v) is 17.8. The minimum atomic E-state index is -1.52. The number of rotatable bonds is 4. The molecule has 0 spiro atoms. The molecule has 11 atom stereocenters. The van der Waals surface area contributed by atoms with E-state index in [1.165, 1.54) is 0 Å². The molecule has 0 bridgehead atoms. The summed E-state index contributed by atoms with van der Waals surface area (Å²) in [7, 11) is 0. The number of hydrogen-bond donors (Lipinski definition) is 6. The van der Waals surface area contributed by atoms with Crippen molar-refractivity contribution < 1.29 is 40.1 Å². The summed E-state index contributed by atoms with van der Waals surface area (Å²) in [5.74, 6) is -0.117. The van der Waals surface area contributed by atoms with Crippen molar-refractivity contribution in [3.63, 3.8) is 0 Å². The topological polar surface area (TPSA) is 140 Å². The van der Waals surface area contributed by atoms with Gasteiger partial charge in [-0.15, -0.1) is 0 Å². The van der Waals surface area contributed by atoms with Gasteiger partial charge >= 0.3 is 0 Å². The Morgan fingerprint density at radius 3 is 2.24 bits per heavy atom. The first kappa shape index (κ1) is 23.3. The Morgan fingerprint density at radius 2 is 1.66 bits per heavy atom. The Balaban J connectivity index is 1.94. The highest BCUT2D eigenvalue weighted by Gasteiger charge is 2.61. The normalized spacial score (nSPS) is 53.7.